The molecule has 0 unspecified atom stereocenters. The van der Waals surface area contributed by atoms with Gasteiger partial charge in [-0.05, 0) is 46.5 Å². The molecular weight excluding hydrogens is 314 g/mol. The molecule has 1 aromatic carbocycles. The minimum Gasteiger partial charge on any atom is -0.396 e. The maximum absolute atomic E-state index is 9.49. The molecule has 0 bridgehead atoms. The van der Waals surface area contributed by atoms with Crippen molar-refractivity contribution in [3.8, 4) is 0 Å². The van der Waals surface area contributed by atoms with Crippen molar-refractivity contribution in [3.05, 3.63) is 33.3 Å². The van der Waals surface area contributed by atoms with Crippen LogP contribution in [0.1, 0.15) is 32.3 Å². The maximum atomic E-state index is 9.49. The van der Waals surface area contributed by atoms with Crippen LogP contribution in [0.3, 0.4) is 0 Å². The van der Waals surface area contributed by atoms with E-state index in [2.05, 4.69) is 35.1 Å². The van der Waals surface area contributed by atoms with Gasteiger partial charge >= 0.3 is 0 Å². The van der Waals surface area contributed by atoms with E-state index in [1.807, 2.05) is 18.2 Å². The zero-order valence-corrected chi connectivity index (χ0v) is 13.3. The Morgan fingerprint density at radius 1 is 1.33 bits per heavy atom. The molecule has 18 heavy (non-hydrogen) atoms. The Morgan fingerprint density at radius 3 is 2.50 bits per heavy atom. The van der Waals surface area contributed by atoms with Gasteiger partial charge in [-0.3, -0.25) is 0 Å². The summed E-state index contributed by atoms with van der Waals surface area (Å²) in [5, 5.41) is 13.6. The van der Waals surface area contributed by atoms with Crippen LogP contribution in [0.25, 0.3) is 0 Å². The third-order valence-electron chi connectivity index (χ3n) is 3.65. The monoisotopic (exact) mass is 333 g/mol. The molecule has 0 radical (unpaired) electrons. The van der Waals surface area contributed by atoms with E-state index in [0.717, 1.165) is 35.4 Å². The van der Waals surface area contributed by atoms with E-state index < -0.39 is 0 Å². The summed E-state index contributed by atoms with van der Waals surface area (Å²) < 4.78 is 0.919. The second-order valence-corrected chi connectivity index (χ2v) is 5.98. The summed E-state index contributed by atoms with van der Waals surface area (Å²) in [7, 11) is 0. The topological polar surface area (TPSA) is 32.3 Å². The molecule has 0 atom stereocenters. The van der Waals surface area contributed by atoms with Gasteiger partial charge in [0.15, 0.2) is 0 Å². The molecule has 0 aromatic heterocycles. The molecule has 0 aliphatic rings. The molecule has 1 aromatic rings. The van der Waals surface area contributed by atoms with Gasteiger partial charge in [0.05, 0.1) is 5.02 Å². The summed E-state index contributed by atoms with van der Waals surface area (Å²) in [5.41, 5.74) is 1.19. The first-order chi connectivity index (χ1) is 8.56. The molecule has 0 saturated carbocycles. The van der Waals surface area contributed by atoms with Gasteiger partial charge in [-0.1, -0.05) is 31.5 Å². The standard InChI is InChI=1S/C14H21BrClNO/c1-3-14(4-2,10-18)9-17-8-11-5-6-13(16)12(15)7-11/h5-7,17-18H,3-4,8-10H2,1-2H3. The second-order valence-electron chi connectivity index (χ2n) is 4.72. The number of aliphatic hydroxyl groups is 1. The lowest BCUT2D eigenvalue weighted by atomic mass is 9.83. The molecule has 0 aliphatic heterocycles. The van der Waals surface area contributed by atoms with Gasteiger partial charge in [0, 0.05) is 29.6 Å². The minimum absolute atomic E-state index is 0.00363. The summed E-state index contributed by atoms with van der Waals surface area (Å²) in [6.45, 7) is 6.10. The van der Waals surface area contributed by atoms with E-state index in [0.29, 0.717) is 0 Å². The lowest BCUT2D eigenvalue weighted by molar-refractivity contribution is 0.113. The summed E-state index contributed by atoms with van der Waals surface area (Å²) in [4.78, 5) is 0. The van der Waals surface area contributed by atoms with Crippen molar-refractivity contribution in [1.82, 2.24) is 5.32 Å². The SMILES string of the molecule is CCC(CC)(CO)CNCc1ccc(Cl)c(Br)c1. The highest BCUT2D eigenvalue weighted by molar-refractivity contribution is 9.10. The van der Waals surface area contributed by atoms with Crippen molar-refractivity contribution in [2.45, 2.75) is 33.2 Å². The van der Waals surface area contributed by atoms with Crippen molar-refractivity contribution in [1.29, 1.82) is 0 Å². The molecule has 2 nitrogen and oxygen atoms in total. The lowest BCUT2D eigenvalue weighted by Gasteiger charge is -2.29. The van der Waals surface area contributed by atoms with Crippen molar-refractivity contribution < 1.29 is 5.11 Å². The number of hydrogen-bond acceptors (Lipinski definition) is 2. The van der Waals surface area contributed by atoms with Gasteiger partial charge in [-0.25, -0.2) is 0 Å². The Hall–Kier alpha value is -0.0900. The van der Waals surface area contributed by atoms with E-state index in [4.69, 9.17) is 11.6 Å². The Bertz CT molecular complexity index is 372. The van der Waals surface area contributed by atoms with Crippen LogP contribution in [0.2, 0.25) is 5.02 Å². The van der Waals surface area contributed by atoms with Gasteiger partial charge < -0.3 is 10.4 Å². The fraction of sp³-hybridized carbons (Fsp3) is 0.571. The molecule has 0 amide bonds. The first kappa shape index (κ1) is 16.0. The van der Waals surface area contributed by atoms with Crippen molar-refractivity contribution in [2.75, 3.05) is 13.2 Å². The Morgan fingerprint density at radius 2 is 2.00 bits per heavy atom. The number of halogens is 2. The summed E-state index contributed by atoms with van der Waals surface area (Å²) in [6.07, 6.45) is 1.97. The number of hydrogen-bond donors (Lipinski definition) is 2. The first-order valence-corrected chi connectivity index (χ1v) is 7.49. The van der Waals surface area contributed by atoms with Crippen molar-refractivity contribution >= 4 is 27.5 Å². The van der Waals surface area contributed by atoms with E-state index in [-0.39, 0.29) is 12.0 Å². The van der Waals surface area contributed by atoms with Crippen LogP contribution in [-0.4, -0.2) is 18.3 Å². The molecular formula is C14H21BrClNO. The predicted molar refractivity (Wildman–Crippen MR) is 81.0 cm³/mol. The second kappa shape index (κ2) is 7.49. The summed E-state index contributed by atoms with van der Waals surface area (Å²) >= 11 is 9.37. The highest BCUT2D eigenvalue weighted by Crippen LogP contribution is 2.25. The Balaban J connectivity index is 2.52. The maximum Gasteiger partial charge on any atom is 0.0548 e. The van der Waals surface area contributed by atoms with E-state index in [1.165, 1.54) is 5.56 Å². The lowest BCUT2D eigenvalue weighted by Crippen LogP contribution is -2.36. The fourth-order valence-corrected chi connectivity index (χ4v) is 2.44. The minimum atomic E-state index is 0.00363. The summed E-state index contributed by atoms with van der Waals surface area (Å²) in [6, 6.07) is 5.92. The largest absolute Gasteiger partial charge is 0.396 e. The van der Waals surface area contributed by atoms with Crippen molar-refractivity contribution in [3.63, 3.8) is 0 Å². The van der Waals surface area contributed by atoms with Gasteiger partial charge in [-0.15, -0.1) is 0 Å². The quantitative estimate of drug-likeness (QED) is 0.790. The van der Waals surface area contributed by atoms with Crippen LogP contribution in [0.4, 0.5) is 0 Å². The zero-order chi connectivity index (χ0) is 13.6. The number of aliphatic hydroxyl groups excluding tert-OH is 1. The number of rotatable bonds is 7. The zero-order valence-electron chi connectivity index (χ0n) is 11.0. The molecule has 0 heterocycles. The predicted octanol–water partition coefficient (Wildman–Crippen LogP) is 3.99. The number of nitrogens with one attached hydrogen (secondary N) is 1. The molecule has 102 valence electrons. The molecule has 0 saturated heterocycles. The van der Waals surface area contributed by atoms with Crippen LogP contribution in [0.15, 0.2) is 22.7 Å². The van der Waals surface area contributed by atoms with E-state index in [9.17, 15) is 5.11 Å². The highest BCUT2D eigenvalue weighted by atomic mass is 79.9. The molecule has 1 rings (SSSR count). The molecule has 0 aliphatic carbocycles. The number of benzene rings is 1. The third kappa shape index (κ3) is 4.23. The van der Waals surface area contributed by atoms with Crippen LogP contribution in [-0.2, 0) is 6.54 Å². The van der Waals surface area contributed by atoms with E-state index >= 15 is 0 Å². The molecule has 4 heteroatoms. The average molecular weight is 335 g/mol. The van der Waals surface area contributed by atoms with Gasteiger partial charge in [0.25, 0.3) is 0 Å². The third-order valence-corrected chi connectivity index (χ3v) is 4.86. The molecule has 0 spiro atoms. The van der Waals surface area contributed by atoms with Crippen LogP contribution >= 0.6 is 27.5 Å². The van der Waals surface area contributed by atoms with Crippen LogP contribution < -0.4 is 5.32 Å². The van der Waals surface area contributed by atoms with Crippen LogP contribution in [0, 0.1) is 5.41 Å². The highest BCUT2D eigenvalue weighted by Gasteiger charge is 2.24. The average Bonchev–Trinajstić information content (AvgIpc) is 2.39. The molecule has 0 fully saturated rings. The Labute approximate surface area is 123 Å². The van der Waals surface area contributed by atoms with Gasteiger partial charge in [-0.2, -0.15) is 0 Å². The first-order valence-electron chi connectivity index (χ1n) is 6.32. The summed E-state index contributed by atoms with van der Waals surface area (Å²) in [5.74, 6) is 0. The Kier molecular flexibility index (Phi) is 6.64. The molecule has 2 N–H and O–H groups in total. The van der Waals surface area contributed by atoms with Gasteiger partial charge in [0.2, 0.25) is 0 Å². The van der Waals surface area contributed by atoms with E-state index in [1.54, 1.807) is 0 Å². The normalized spacial score (nSPS) is 11.8. The van der Waals surface area contributed by atoms with Crippen LogP contribution in [0.5, 0.6) is 0 Å². The smallest absolute Gasteiger partial charge is 0.0548 e. The van der Waals surface area contributed by atoms with Crippen molar-refractivity contribution in [2.24, 2.45) is 5.41 Å². The van der Waals surface area contributed by atoms with Gasteiger partial charge in [0.1, 0.15) is 0 Å². The fourth-order valence-electron chi connectivity index (χ4n) is 1.90.